The number of rotatable bonds is 8. The summed E-state index contributed by atoms with van der Waals surface area (Å²) in [6.45, 7) is 4.39. The molecule has 0 aliphatic rings. The summed E-state index contributed by atoms with van der Waals surface area (Å²) in [5, 5.41) is 16.1. The minimum atomic E-state index is -0.751. The lowest BCUT2D eigenvalue weighted by Crippen LogP contribution is -2.19. The van der Waals surface area contributed by atoms with Gasteiger partial charge in [-0.3, -0.25) is 14.3 Å². The molecule has 0 unspecified atom stereocenters. The van der Waals surface area contributed by atoms with Gasteiger partial charge in [-0.15, -0.1) is 0 Å². The second-order valence-electron chi connectivity index (χ2n) is 6.75. The first-order valence-electron chi connectivity index (χ1n) is 9.86. The van der Waals surface area contributed by atoms with Crippen molar-refractivity contribution in [1.82, 2.24) is 14.8 Å². The number of primary amides is 1. The van der Waals surface area contributed by atoms with E-state index in [1.54, 1.807) is 36.0 Å². The zero-order chi connectivity index (χ0) is 23.3. The molecule has 0 saturated carbocycles. The lowest BCUT2D eigenvalue weighted by atomic mass is 10.1. The van der Waals surface area contributed by atoms with Crippen molar-refractivity contribution in [2.45, 2.75) is 26.8 Å². The third-order valence-corrected chi connectivity index (χ3v) is 5.21. The van der Waals surface area contributed by atoms with E-state index in [1.807, 2.05) is 19.1 Å². The van der Waals surface area contributed by atoms with Crippen LogP contribution in [-0.2, 0) is 13.0 Å². The molecule has 0 radical (unpaired) electrons. The summed E-state index contributed by atoms with van der Waals surface area (Å²) in [4.78, 5) is 29.4. The van der Waals surface area contributed by atoms with Crippen molar-refractivity contribution in [1.29, 1.82) is 5.26 Å². The van der Waals surface area contributed by atoms with Gasteiger partial charge in [-0.05, 0) is 59.7 Å². The van der Waals surface area contributed by atoms with Gasteiger partial charge in [0, 0.05) is 9.77 Å². The second kappa shape index (κ2) is 10.2. The fraction of sp³-hybridized carbons (Fsp3) is 0.227. The highest BCUT2D eigenvalue weighted by Crippen LogP contribution is 2.26. The summed E-state index contributed by atoms with van der Waals surface area (Å²) in [7, 11) is 0. The topological polar surface area (TPSA) is 136 Å². The number of hydrogen-bond donors (Lipinski definition) is 2. The fourth-order valence-corrected chi connectivity index (χ4v) is 3.62. The van der Waals surface area contributed by atoms with Gasteiger partial charge in [-0.25, -0.2) is 4.98 Å². The van der Waals surface area contributed by atoms with Gasteiger partial charge in [0.15, 0.2) is 5.69 Å². The maximum absolute atomic E-state index is 13.1. The summed E-state index contributed by atoms with van der Waals surface area (Å²) in [5.41, 5.74) is 8.12. The molecular weight excluding hydrogens is 523 g/mol. The summed E-state index contributed by atoms with van der Waals surface area (Å²) >= 11 is 2.06. The first kappa shape index (κ1) is 23.2. The molecule has 0 aliphatic carbocycles. The summed E-state index contributed by atoms with van der Waals surface area (Å²) in [6.07, 6.45) is 2.10. The van der Waals surface area contributed by atoms with E-state index >= 15 is 0 Å². The Morgan fingerprint density at radius 2 is 2.00 bits per heavy atom. The molecule has 164 valence electrons. The number of halogens is 1. The van der Waals surface area contributed by atoms with E-state index in [0.717, 1.165) is 9.13 Å². The summed E-state index contributed by atoms with van der Waals surface area (Å²) in [5.74, 6) is -1.02. The molecule has 0 spiro atoms. The largest absolute Gasteiger partial charge is 0.477 e. The van der Waals surface area contributed by atoms with Crippen molar-refractivity contribution in [3.8, 4) is 11.9 Å². The van der Waals surface area contributed by atoms with Crippen molar-refractivity contribution < 1.29 is 14.3 Å². The number of nitrogens with one attached hydrogen (secondary N) is 1. The van der Waals surface area contributed by atoms with Crippen LogP contribution in [0.5, 0.6) is 5.88 Å². The monoisotopic (exact) mass is 544 g/mol. The first-order valence-corrected chi connectivity index (χ1v) is 10.9. The number of benzene rings is 1. The van der Waals surface area contributed by atoms with Crippen LogP contribution < -0.4 is 15.8 Å². The predicted octanol–water partition coefficient (Wildman–Crippen LogP) is 3.11. The minimum absolute atomic E-state index is 0.0274. The van der Waals surface area contributed by atoms with Gasteiger partial charge in [-0.1, -0.05) is 19.1 Å². The predicted molar refractivity (Wildman–Crippen MR) is 126 cm³/mol. The van der Waals surface area contributed by atoms with Crippen LogP contribution in [0.3, 0.4) is 0 Å². The van der Waals surface area contributed by atoms with Gasteiger partial charge in [0.05, 0.1) is 36.2 Å². The van der Waals surface area contributed by atoms with Gasteiger partial charge in [0.2, 0.25) is 5.88 Å². The molecule has 0 atom stereocenters. The molecule has 3 rings (SSSR count). The molecular formula is C22H21IN6O3. The molecule has 3 N–H and O–H groups in total. The minimum Gasteiger partial charge on any atom is -0.477 e. The van der Waals surface area contributed by atoms with Crippen molar-refractivity contribution >= 4 is 40.1 Å². The number of anilines is 1. The van der Waals surface area contributed by atoms with Crippen molar-refractivity contribution in [2.75, 3.05) is 11.9 Å². The van der Waals surface area contributed by atoms with E-state index in [9.17, 15) is 9.59 Å². The highest BCUT2D eigenvalue weighted by Gasteiger charge is 2.24. The molecule has 10 heteroatoms. The molecule has 2 amide bonds. The van der Waals surface area contributed by atoms with Gasteiger partial charge >= 0.3 is 0 Å². The average molecular weight is 544 g/mol. The number of carbonyl (C=O) groups excluding carboxylic acids is 2. The Labute approximate surface area is 198 Å². The normalized spacial score (nSPS) is 10.4. The number of pyridine rings is 1. The van der Waals surface area contributed by atoms with E-state index in [2.05, 4.69) is 44.1 Å². The molecule has 2 heterocycles. The van der Waals surface area contributed by atoms with Crippen LogP contribution in [0.2, 0.25) is 0 Å². The zero-order valence-corrected chi connectivity index (χ0v) is 19.7. The molecule has 3 aromatic rings. The Morgan fingerprint density at radius 1 is 1.28 bits per heavy atom. The standard InChI is InChI=1S/C22H21IN6O3/c1-3-17-18(27-21(31)16-9-15(23)11-26-22(16)32-4-2)19(20(25)30)28-29(17)12-14-7-5-13(10-24)6-8-14/h5-9,11H,3-4,12H2,1-2H3,(H2,25,30)(H,27,31). The van der Waals surface area contributed by atoms with E-state index in [4.69, 9.17) is 15.7 Å². The third-order valence-electron chi connectivity index (χ3n) is 4.62. The molecule has 2 aromatic heterocycles. The summed E-state index contributed by atoms with van der Waals surface area (Å²) in [6, 6.07) is 10.8. The van der Waals surface area contributed by atoms with E-state index in [-0.39, 0.29) is 22.8 Å². The molecule has 0 saturated heterocycles. The van der Waals surface area contributed by atoms with E-state index in [1.165, 1.54) is 0 Å². The Kier molecular flexibility index (Phi) is 7.42. The highest BCUT2D eigenvalue weighted by atomic mass is 127. The lowest BCUT2D eigenvalue weighted by Gasteiger charge is -2.12. The van der Waals surface area contributed by atoms with Crippen LogP contribution in [0.25, 0.3) is 0 Å². The maximum Gasteiger partial charge on any atom is 0.271 e. The Bertz CT molecular complexity index is 1200. The number of nitrogens with two attached hydrogens (primary N) is 1. The Morgan fingerprint density at radius 3 is 2.59 bits per heavy atom. The average Bonchev–Trinajstić information content (AvgIpc) is 3.12. The van der Waals surface area contributed by atoms with Crippen LogP contribution in [0.15, 0.2) is 36.5 Å². The first-order chi connectivity index (χ1) is 15.4. The number of carbonyl (C=O) groups is 2. The lowest BCUT2D eigenvalue weighted by molar-refractivity contribution is 0.0995. The number of aromatic nitrogens is 3. The molecule has 0 bridgehead atoms. The Balaban J connectivity index is 1.99. The van der Waals surface area contributed by atoms with Crippen molar-refractivity contribution in [2.24, 2.45) is 5.73 Å². The maximum atomic E-state index is 13.1. The molecule has 32 heavy (non-hydrogen) atoms. The molecule has 1 aromatic carbocycles. The van der Waals surface area contributed by atoms with Crippen molar-refractivity contribution in [3.63, 3.8) is 0 Å². The van der Waals surface area contributed by atoms with Crippen LogP contribution in [0, 0.1) is 14.9 Å². The number of nitrogens with zero attached hydrogens (tertiary/aromatic N) is 4. The molecule has 0 aliphatic heterocycles. The zero-order valence-electron chi connectivity index (χ0n) is 17.6. The van der Waals surface area contributed by atoms with Crippen LogP contribution in [-0.4, -0.2) is 33.2 Å². The number of nitriles is 1. The molecule has 0 fully saturated rings. The van der Waals surface area contributed by atoms with E-state index < -0.39 is 11.8 Å². The van der Waals surface area contributed by atoms with Gasteiger partial charge in [0.25, 0.3) is 11.8 Å². The highest BCUT2D eigenvalue weighted by molar-refractivity contribution is 14.1. The van der Waals surface area contributed by atoms with E-state index in [0.29, 0.717) is 30.8 Å². The third kappa shape index (κ3) is 5.05. The Hall–Kier alpha value is -3.46. The fourth-order valence-electron chi connectivity index (χ4n) is 3.17. The van der Waals surface area contributed by atoms with Gasteiger partial charge in [-0.2, -0.15) is 10.4 Å². The number of ether oxygens (including phenoxy) is 1. The smallest absolute Gasteiger partial charge is 0.271 e. The van der Waals surface area contributed by atoms with Gasteiger partial charge < -0.3 is 15.8 Å². The quantitative estimate of drug-likeness (QED) is 0.419. The second-order valence-corrected chi connectivity index (χ2v) is 7.99. The van der Waals surface area contributed by atoms with Crippen molar-refractivity contribution in [3.05, 3.63) is 68.2 Å². The van der Waals surface area contributed by atoms with Crippen LogP contribution in [0.4, 0.5) is 5.69 Å². The summed E-state index contributed by atoms with van der Waals surface area (Å²) < 4.78 is 7.87. The molecule has 9 nitrogen and oxygen atoms in total. The SMILES string of the molecule is CCOc1ncc(I)cc1C(=O)Nc1c(C(N)=O)nn(Cc2ccc(C#N)cc2)c1CC. The number of amides is 2. The van der Waals surface area contributed by atoms with Crippen LogP contribution >= 0.6 is 22.6 Å². The number of hydrogen-bond acceptors (Lipinski definition) is 6. The van der Waals surface area contributed by atoms with Gasteiger partial charge in [0.1, 0.15) is 5.56 Å². The van der Waals surface area contributed by atoms with Crippen LogP contribution in [0.1, 0.15) is 51.5 Å².